The average molecular weight is 326 g/mol. The minimum absolute atomic E-state index is 0.104. The standard InChI is InChI=1S/2C10H13NO/c2*1-8(11-2)10(12)9-6-4-3-5-7-9/h2*3-8,11H,1-2H3. The maximum Gasteiger partial charge on any atom is 0.179 e. The van der Waals surface area contributed by atoms with E-state index in [0.29, 0.717) is 0 Å². The van der Waals surface area contributed by atoms with Crippen molar-refractivity contribution in [2.24, 2.45) is 0 Å². The molecule has 0 aromatic heterocycles. The molecule has 0 radical (unpaired) electrons. The van der Waals surface area contributed by atoms with Crippen molar-refractivity contribution in [1.82, 2.24) is 10.6 Å². The molecule has 2 N–H and O–H groups in total. The minimum atomic E-state index is -0.104. The molecule has 0 aliphatic carbocycles. The zero-order valence-electron chi connectivity index (χ0n) is 14.7. The van der Waals surface area contributed by atoms with Gasteiger partial charge in [-0.3, -0.25) is 9.59 Å². The first kappa shape index (κ1) is 19.7. The molecule has 0 amide bonds. The van der Waals surface area contributed by atoms with Gasteiger partial charge in [-0.25, -0.2) is 0 Å². The van der Waals surface area contributed by atoms with Crippen molar-refractivity contribution >= 4 is 11.6 Å². The Kier molecular flexibility index (Phi) is 8.61. The maximum atomic E-state index is 11.5. The molecule has 0 fully saturated rings. The molecule has 2 unspecified atom stereocenters. The predicted molar refractivity (Wildman–Crippen MR) is 98.6 cm³/mol. The summed E-state index contributed by atoms with van der Waals surface area (Å²) in [5.41, 5.74) is 1.53. The van der Waals surface area contributed by atoms with Crippen LogP contribution in [0, 0.1) is 0 Å². The summed E-state index contributed by atoms with van der Waals surface area (Å²) in [6.45, 7) is 3.71. The zero-order chi connectivity index (χ0) is 17.9. The first-order chi connectivity index (χ1) is 11.5. The second-order valence-electron chi connectivity index (χ2n) is 5.48. The van der Waals surface area contributed by atoms with Gasteiger partial charge < -0.3 is 10.6 Å². The highest BCUT2D eigenvalue weighted by Gasteiger charge is 2.12. The highest BCUT2D eigenvalue weighted by molar-refractivity contribution is 6.00. The third kappa shape index (κ3) is 6.07. The molecule has 0 saturated carbocycles. The Balaban J connectivity index is 0.000000240. The second kappa shape index (κ2) is 10.5. The third-order valence-corrected chi connectivity index (χ3v) is 3.77. The molecule has 0 spiro atoms. The van der Waals surface area contributed by atoms with Crippen molar-refractivity contribution in [1.29, 1.82) is 0 Å². The van der Waals surface area contributed by atoms with Crippen LogP contribution in [0.4, 0.5) is 0 Å². The maximum absolute atomic E-state index is 11.5. The van der Waals surface area contributed by atoms with E-state index in [1.54, 1.807) is 14.1 Å². The number of nitrogens with one attached hydrogen (secondary N) is 2. The van der Waals surface area contributed by atoms with Crippen LogP contribution in [0.2, 0.25) is 0 Å². The van der Waals surface area contributed by atoms with E-state index in [4.69, 9.17) is 0 Å². The molecule has 24 heavy (non-hydrogen) atoms. The fraction of sp³-hybridized carbons (Fsp3) is 0.300. The Morgan fingerprint density at radius 1 is 0.667 bits per heavy atom. The van der Waals surface area contributed by atoms with Crippen molar-refractivity contribution in [3.8, 4) is 0 Å². The first-order valence-electron chi connectivity index (χ1n) is 8.04. The van der Waals surface area contributed by atoms with Crippen LogP contribution in [0.5, 0.6) is 0 Å². The van der Waals surface area contributed by atoms with E-state index in [9.17, 15) is 9.59 Å². The largest absolute Gasteiger partial charge is 0.310 e. The lowest BCUT2D eigenvalue weighted by Gasteiger charge is -2.07. The molecule has 2 aromatic rings. The van der Waals surface area contributed by atoms with Crippen molar-refractivity contribution in [2.75, 3.05) is 14.1 Å². The zero-order valence-corrected chi connectivity index (χ0v) is 14.7. The number of hydrogen-bond acceptors (Lipinski definition) is 4. The normalized spacial score (nSPS) is 12.5. The van der Waals surface area contributed by atoms with Gasteiger partial charge >= 0.3 is 0 Å². The Morgan fingerprint density at radius 3 is 1.21 bits per heavy atom. The molecule has 4 heteroatoms. The van der Waals surface area contributed by atoms with Gasteiger partial charge in [-0.2, -0.15) is 0 Å². The number of carbonyl (C=O) groups is 2. The minimum Gasteiger partial charge on any atom is -0.310 e. The van der Waals surface area contributed by atoms with E-state index >= 15 is 0 Å². The Labute approximate surface area is 144 Å². The molecule has 0 aliphatic heterocycles. The monoisotopic (exact) mass is 326 g/mol. The Bertz CT molecular complexity index is 569. The van der Waals surface area contributed by atoms with Crippen LogP contribution in [0.1, 0.15) is 34.6 Å². The average Bonchev–Trinajstić information content (AvgIpc) is 2.67. The van der Waals surface area contributed by atoms with Gasteiger partial charge in [0, 0.05) is 11.1 Å². The topological polar surface area (TPSA) is 58.2 Å². The van der Waals surface area contributed by atoms with Crippen LogP contribution in [-0.4, -0.2) is 37.7 Å². The van der Waals surface area contributed by atoms with E-state index < -0.39 is 0 Å². The lowest BCUT2D eigenvalue weighted by molar-refractivity contribution is 0.0947. The van der Waals surface area contributed by atoms with Gasteiger partial charge in [0.05, 0.1) is 12.1 Å². The number of ketones is 2. The molecule has 2 rings (SSSR count). The Hall–Kier alpha value is -2.30. The SMILES string of the molecule is CNC(C)C(=O)c1ccccc1.CNC(C)C(=O)c1ccccc1. The fourth-order valence-electron chi connectivity index (χ4n) is 1.97. The van der Waals surface area contributed by atoms with Gasteiger partial charge in [-0.1, -0.05) is 60.7 Å². The third-order valence-electron chi connectivity index (χ3n) is 3.77. The Morgan fingerprint density at radius 2 is 0.958 bits per heavy atom. The smallest absolute Gasteiger partial charge is 0.179 e. The van der Waals surface area contributed by atoms with Crippen molar-refractivity contribution in [2.45, 2.75) is 25.9 Å². The lowest BCUT2D eigenvalue weighted by Crippen LogP contribution is -2.30. The van der Waals surface area contributed by atoms with Crippen molar-refractivity contribution < 1.29 is 9.59 Å². The summed E-state index contributed by atoms with van der Waals surface area (Å²) in [6.07, 6.45) is 0. The van der Waals surface area contributed by atoms with Crippen LogP contribution in [0.3, 0.4) is 0 Å². The predicted octanol–water partition coefficient (Wildman–Crippen LogP) is 2.95. The lowest BCUT2D eigenvalue weighted by atomic mass is 10.1. The van der Waals surface area contributed by atoms with Gasteiger partial charge in [0.2, 0.25) is 0 Å². The molecule has 128 valence electrons. The van der Waals surface area contributed by atoms with Crippen molar-refractivity contribution in [3.63, 3.8) is 0 Å². The summed E-state index contributed by atoms with van der Waals surface area (Å²) in [4.78, 5) is 23.0. The first-order valence-corrected chi connectivity index (χ1v) is 8.04. The highest BCUT2D eigenvalue weighted by atomic mass is 16.1. The van der Waals surface area contributed by atoms with Gasteiger partial charge in [0.25, 0.3) is 0 Å². The summed E-state index contributed by atoms with van der Waals surface area (Å²) in [5.74, 6) is 0.274. The quantitative estimate of drug-likeness (QED) is 0.801. The van der Waals surface area contributed by atoms with Gasteiger partial charge in [-0.05, 0) is 27.9 Å². The van der Waals surface area contributed by atoms with Crippen LogP contribution < -0.4 is 10.6 Å². The molecular weight excluding hydrogens is 300 g/mol. The highest BCUT2D eigenvalue weighted by Crippen LogP contribution is 2.03. The molecule has 0 bridgehead atoms. The van der Waals surface area contributed by atoms with E-state index in [0.717, 1.165) is 11.1 Å². The molecule has 0 saturated heterocycles. The number of carbonyl (C=O) groups excluding carboxylic acids is 2. The number of Topliss-reactive ketones (excluding diaryl/α,β-unsaturated/α-hetero) is 2. The molecule has 0 heterocycles. The van der Waals surface area contributed by atoms with Crippen molar-refractivity contribution in [3.05, 3.63) is 71.8 Å². The van der Waals surface area contributed by atoms with Crippen LogP contribution >= 0.6 is 0 Å². The van der Waals surface area contributed by atoms with Crippen LogP contribution in [0.25, 0.3) is 0 Å². The van der Waals surface area contributed by atoms with E-state index in [1.165, 1.54) is 0 Å². The summed E-state index contributed by atoms with van der Waals surface area (Å²) in [7, 11) is 3.57. The van der Waals surface area contributed by atoms with E-state index in [-0.39, 0.29) is 23.7 Å². The van der Waals surface area contributed by atoms with E-state index in [2.05, 4.69) is 10.6 Å². The molecule has 4 nitrogen and oxygen atoms in total. The van der Waals surface area contributed by atoms with E-state index in [1.807, 2.05) is 74.5 Å². The molecular formula is C20H26N2O2. The van der Waals surface area contributed by atoms with Crippen LogP contribution in [0.15, 0.2) is 60.7 Å². The fourth-order valence-corrected chi connectivity index (χ4v) is 1.97. The number of likely N-dealkylation sites (N-methyl/N-ethyl adjacent to an activating group) is 2. The van der Waals surface area contributed by atoms with Gasteiger partial charge in [0.15, 0.2) is 11.6 Å². The number of rotatable bonds is 6. The van der Waals surface area contributed by atoms with Gasteiger partial charge in [-0.15, -0.1) is 0 Å². The molecule has 2 aromatic carbocycles. The summed E-state index contributed by atoms with van der Waals surface area (Å²) >= 11 is 0. The molecule has 0 aliphatic rings. The van der Waals surface area contributed by atoms with Gasteiger partial charge in [0.1, 0.15) is 0 Å². The summed E-state index contributed by atoms with van der Waals surface area (Å²) in [6, 6.07) is 18.4. The molecule has 2 atom stereocenters. The summed E-state index contributed by atoms with van der Waals surface area (Å²) < 4.78 is 0. The second-order valence-corrected chi connectivity index (χ2v) is 5.48. The van der Waals surface area contributed by atoms with Crippen LogP contribution in [-0.2, 0) is 0 Å². The summed E-state index contributed by atoms with van der Waals surface area (Å²) in [5, 5.41) is 5.83. The number of benzene rings is 2. The number of hydrogen-bond donors (Lipinski definition) is 2.